The third-order valence-corrected chi connectivity index (χ3v) is 9.43. The third-order valence-electron chi connectivity index (χ3n) is 7.69. The van der Waals surface area contributed by atoms with E-state index in [0.29, 0.717) is 34.6 Å². The van der Waals surface area contributed by atoms with Gasteiger partial charge in [0.15, 0.2) is 5.76 Å². The molecule has 1 aliphatic heterocycles. The maximum absolute atomic E-state index is 12.8. The van der Waals surface area contributed by atoms with Gasteiger partial charge in [0, 0.05) is 53.9 Å². The first kappa shape index (κ1) is 27.7. The Morgan fingerprint density at radius 3 is 2.66 bits per heavy atom. The van der Waals surface area contributed by atoms with Crippen molar-refractivity contribution in [3.8, 4) is 22.7 Å². The van der Waals surface area contributed by atoms with Crippen molar-refractivity contribution in [3.63, 3.8) is 0 Å². The summed E-state index contributed by atoms with van der Waals surface area (Å²) in [6.07, 6.45) is 8.67. The smallest absolute Gasteiger partial charge is 0.248 e. The van der Waals surface area contributed by atoms with E-state index in [0.717, 1.165) is 54.1 Å². The lowest BCUT2D eigenvalue weighted by Crippen LogP contribution is -2.37. The molecule has 7 nitrogen and oxygen atoms in total. The Labute approximate surface area is 252 Å². The highest BCUT2D eigenvalue weighted by atomic mass is 35.5. The minimum atomic E-state index is -0.280. The molecule has 41 heavy (non-hydrogen) atoms. The molecule has 10 heteroatoms. The highest BCUT2D eigenvalue weighted by Crippen LogP contribution is 2.35. The molecule has 0 saturated carbocycles. The Morgan fingerprint density at radius 1 is 1.00 bits per heavy atom. The number of rotatable bonds is 6. The van der Waals surface area contributed by atoms with Gasteiger partial charge in [0.2, 0.25) is 11.8 Å². The van der Waals surface area contributed by atoms with E-state index in [1.807, 2.05) is 29.6 Å². The molecule has 0 bridgehead atoms. The van der Waals surface area contributed by atoms with Crippen LogP contribution in [0.1, 0.15) is 47.7 Å². The SMILES string of the molecule is O=C(C=CC(=O)N1CCC(c2nc(-c3cc(-c4ccc(Cl)c(Cl)c4)no3)cs2)CC1)Nc1cccc2c1CCCC2. The summed E-state index contributed by atoms with van der Waals surface area (Å²) in [5.74, 6) is 0.412. The molecular weight excluding hydrogens is 579 g/mol. The summed E-state index contributed by atoms with van der Waals surface area (Å²) in [7, 11) is 0. The summed E-state index contributed by atoms with van der Waals surface area (Å²) in [4.78, 5) is 31.9. The topological polar surface area (TPSA) is 88.3 Å². The molecular formula is C31H28Cl2N4O3S. The molecule has 2 amide bonds. The monoisotopic (exact) mass is 606 g/mol. The van der Waals surface area contributed by atoms with Gasteiger partial charge in [-0.1, -0.05) is 46.6 Å². The quantitative estimate of drug-likeness (QED) is 0.229. The minimum Gasteiger partial charge on any atom is -0.354 e. The van der Waals surface area contributed by atoms with Gasteiger partial charge in [0.25, 0.3) is 0 Å². The first-order valence-electron chi connectivity index (χ1n) is 13.7. The fourth-order valence-electron chi connectivity index (χ4n) is 5.45. The molecule has 3 heterocycles. The average Bonchev–Trinajstić information content (AvgIpc) is 3.68. The Morgan fingerprint density at radius 2 is 1.83 bits per heavy atom. The van der Waals surface area contributed by atoms with Crippen LogP contribution < -0.4 is 5.32 Å². The normalized spacial score (nSPS) is 15.7. The van der Waals surface area contributed by atoms with Crippen LogP contribution in [0.5, 0.6) is 0 Å². The van der Waals surface area contributed by atoms with E-state index in [9.17, 15) is 9.59 Å². The highest BCUT2D eigenvalue weighted by molar-refractivity contribution is 7.10. The number of amides is 2. The molecule has 1 saturated heterocycles. The average molecular weight is 608 g/mol. The number of aromatic nitrogens is 2. The molecule has 210 valence electrons. The van der Waals surface area contributed by atoms with Gasteiger partial charge < -0.3 is 14.7 Å². The maximum Gasteiger partial charge on any atom is 0.248 e. The summed E-state index contributed by atoms with van der Waals surface area (Å²) in [6, 6.07) is 13.2. The largest absolute Gasteiger partial charge is 0.354 e. The maximum atomic E-state index is 12.8. The van der Waals surface area contributed by atoms with E-state index in [1.54, 1.807) is 28.4 Å². The van der Waals surface area contributed by atoms with Gasteiger partial charge >= 0.3 is 0 Å². The van der Waals surface area contributed by atoms with Crippen LogP contribution in [0.3, 0.4) is 0 Å². The standard InChI is InChI=1S/C31H28Cl2N4O3S/c32-23-9-8-21(16-24(23)33)26-17-28(40-36-26)27-18-41-31(35-27)20-12-14-37(15-13-20)30(39)11-10-29(38)34-25-7-3-5-19-4-1-2-6-22(19)25/h3,5,7-11,16-18,20H,1-2,4,6,12-15H2,(H,34,38). The van der Waals surface area contributed by atoms with Crippen molar-refractivity contribution < 1.29 is 14.1 Å². The molecule has 2 aliphatic rings. The van der Waals surface area contributed by atoms with Crippen molar-refractivity contribution in [3.05, 3.63) is 86.2 Å². The molecule has 1 fully saturated rings. The molecule has 0 spiro atoms. The lowest BCUT2D eigenvalue weighted by atomic mass is 9.90. The van der Waals surface area contributed by atoms with Crippen molar-refractivity contribution in [2.75, 3.05) is 18.4 Å². The fraction of sp³-hybridized carbons (Fsp3) is 0.290. The number of likely N-dealkylation sites (tertiary alicyclic amines) is 1. The number of hydrogen-bond donors (Lipinski definition) is 1. The number of nitrogens with zero attached hydrogens (tertiary/aromatic N) is 3. The molecule has 1 N–H and O–H groups in total. The number of carbonyl (C=O) groups is 2. The Bertz CT molecular complexity index is 1620. The summed E-state index contributed by atoms with van der Waals surface area (Å²) in [6.45, 7) is 1.22. The van der Waals surface area contributed by atoms with Crippen LogP contribution in [0.2, 0.25) is 10.0 Å². The fourth-order valence-corrected chi connectivity index (χ4v) is 6.73. The zero-order valence-corrected chi connectivity index (χ0v) is 24.6. The molecule has 2 aromatic carbocycles. The lowest BCUT2D eigenvalue weighted by molar-refractivity contribution is -0.127. The van der Waals surface area contributed by atoms with Gasteiger partial charge in [-0.15, -0.1) is 11.3 Å². The van der Waals surface area contributed by atoms with E-state index in [2.05, 4.69) is 16.5 Å². The van der Waals surface area contributed by atoms with Crippen molar-refractivity contribution in [2.24, 2.45) is 0 Å². The van der Waals surface area contributed by atoms with Gasteiger partial charge in [-0.3, -0.25) is 9.59 Å². The molecule has 0 atom stereocenters. The van der Waals surface area contributed by atoms with Gasteiger partial charge in [-0.25, -0.2) is 4.98 Å². The number of benzene rings is 2. The minimum absolute atomic E-state index is 0.148. The Balaban J connectivity index is 1.02. The van der Waals surface area contributed by atoms with Crippen LogP contribution >= 0.6 is 34.5 Å². The Kier molecular flexibility index (Phi) is 8.23. The second-order valence-electron chi connectivity index (χ2n) is 10.3. The summed E-state index contributed by atoms with van der Waals surface area (Å²) < 4.78 is 5.56. The molecule has 2 aromatic heterocycles. The van der Waals surface area contributed by atoms with E-state index in [-0.39, 0.29) is 17.7 Å². The van der Waals surface area contributed by atoms with E-state index in [4.69, 9.17) is 32.7 Å². The van der Waals surface area contributed by atoms with Gasteiger partial charge in [-0.05, 0) is 67.9 Å². The van der Waals surface area contributed by atoms with Crippen LogP contribution in [0.4, 0.5) is 5.69 Å². The lowest BCUT2D eigenvalue weighted by Gasteiger charge is -2.30. The number of halogens is 2. The van der Waals surface area contributed by atoms with Crippen molar-refractivity contribution >= 4 is 52.0 Å². The number of anilines is 1. The summed E-state index contributed by atoms with van der Waals surface area (Å²) in [5, 5.41) is 11.1. The summed E-state index contributed by atoms with van der Waals surface area (Å²) in [5.41, 5.74) is 5.57. The first-order chi connectivity index (χ1) is 19.9. The van der Waals surface area contributed by atoms with E-state index >= 15 is 0 Å². The van der Waals surface area contributed by atoms with E-state index < -0.39 is 0 Å². The van der Waals surface area contributed by atoms with Crippen molar-refractivity contribution in [1.82, 2.24) is 15.0 Å². The van der Waals surface area contributed by atoms with Crippen LogP contribution in [-0.4, -0.2) is 39.9 Å². The first-order valence-corrected chi connectivity index (χ1v) is 15.3. The van der Waals surface area contributed by atoms with Crippen LogP contribution in [0, 0.1) is 0 Å². The molecule has 0 radical (unpaired) electrons. The predicted octanol–water partition coefficient (Wildman–Crippen LogP) is 7.55. The zero-order chi connectivity index (χ0) is 28.3. The number of thiazole rings is 1. The number of hydrogen-bond acceptors (Lipinski definition) is 6. The van der Waals surface area contributed by atoms with Gasteiger partial charge in [0.1, 0.15) is 11.4 Å². The number of carbonyl (C=O) groups excluding carboxylic acids is 2. The van der Waals surface area contributed by atoms with Gasteiger partial charge in [-0.2, -0.15) is 0 Å². The van der Waals surface area contributed by atoms with Crippen molar-refractivity contribution in [2.45, 2.75) is 44.4 Å². The van der Waals surface area contributed by atoms with E-state index in [1.165, 1.54) is 29.7 Å². The molecule has 6 rings (SSSR count). The third kappa shape index (κ3) is 6.25. The molecule has 0 unspecified atom stereocenters. The highest BCUT2D eigenvalue weighted by Gasteiger charge is 2.26. The predicted molar refractivity (Wildman–Crippen MR) is 162 cm³/mol. The zero-order valence-electron chi connectivity index (χ0n) is 22.2. The van der Waals surface area contributed by atoms with Crippen molar-refractivity contribution in [1.29, 1.82) is 0 Å². The van der Waals surface area contributed by atoms with Crippen LogP contribution in [0.15, 0.2) is 64.5 Å². The second-order valence-corrected chi connectivity index (χ2v) is 12.1. The number of aryl methyl sites for hydroxylation is 1. The Hall–Kier alpha value is -3.46. The van der Waals surface area contributed by atoms with Gasteiger partial charge in [0.05, 0.1) is 15.1 Å². The molecule has 1 aliphatic carbocycles. The number of piperidine rings is 1. The van der Waals surface area contributed by atoms with Crippen LogP contribution in [-0.2, 0) is 22.4 Å². The summed E-state index contributed by atoms with van der Waals surface area (Å²) >= 11 is 13.8. The molecule has 4 aromatic rings. The van der Waals surface area contributed by atoms with Crippen LogP contribution in [0.25, 0.3) is 22.7 Å². The number of nitrogens with one attached hydrogen (secondary N) is 1. The second kappa shape index (κ2) is 12.2. The number of fused-ring (bicyclic) bond motifs is 1.